The maximum atomic E-state index is 12.7. The first kappa shape index (κ1) is 20.0. The second-order valence-electron chi connectivity index (χ2n) is 6.25. The molecule has 0 saturated carbocycles. The molecule has 1 aromatic rings. The number of methoxy groups -OCH3 is 1. The lowest BCUT2D eigenvalue weighted by Gasteiger charge is -2.31. The molecule has 1 aliphatic rings. The van der Waals surface area contributed by atoms with E-state index in [0.29, 0.717) is 34.5 Å². The number of ether oxygens (including phenoxy) is 3. The van der Waals surface area contributed by atoms with Gasteiger partial charge in [0.05, 0.1) is 31.4 Å². The number of rotatable bonds is 7. The highest BCUT2D eigenvalue weighted by Crippen LogP contribution is 2.39. The van der Waals surface area contributed by atoms with Crippen molar-refractivity contribution in [3.63, 3.8) is 0 Å². The predicted octanol–water partition coefficient (Wildman–Crippen LogP) is 3.23. The summed E-state index contributed by atoms with van der Waals surface area (Å²) < 4.78 is 16.8. The van der Waals surface area contributed by atoms with E-state index in [9.17, 15) is 4.79 Å². The van der Waals surface area contributed by atoms with Crippen LogP contribution in [0.5, 0.6) is 11.5 Å². The molecule has 0 aromatic heterocycles. The summed E-state index contributed by atoms with van der Waals surface area (Å²) >= 11 is 5.30. The first-order valence-corrected chi connectivity index (χ1v) is 9.08. The average molecular weight is 378 g/mol. The standard InChI is InChI=1S/C19H26N2O4S/c1-6-10-24-17-13(8-7-9-14(17)23-5)16-15(18(22)25-11(2)3)12(4)20-19(26)21-16/h7-9,11,16H,6,10H2,1-5H3,(H2,20,21,26)/t16-/m1/s1. The Morgan fingerprint density at radius 1 is 1.35 bits per heavy atom. The van der Waals surface area contributed by atoms with E-state index in [-0.39, 0.29) is 6.10 Å². The van der Waals surface area contributed by atoms with Crippen molar-refractivity contribution < 1.29 is 19.0 Å². The Bertz CT molecular complexity index is 715. The molecule has 7 heteroatoms. The summed E-state index contributed by atoms with van der Waals surface area (Å²) in [6, 6.07) is 5.10. The molecule has 0 amide bonds. The van der Waals surface area contributed by atoms with Crippen molar-refractivity contribution in [1.82, 2.24) is 10.6 Å². The third-order valence-electron chi connectivity index (χ3n) is 3.82. The Balaban J connectivity index is 2.54. The largest absolute Gasteiger partial charge is 0.493 e. The highest BCUT2D eigenvalue weighted by atomic mass is 32.1. The van der Waals surface area contributed by atoms with Crippen LogP contribution >= 0.6 is 12.2 Å². The van der Waals surface area contributed by atoms with Crippen molar-refractivity contribution in [2.24, 2.45) is 0 Å². The minimum atomic E-state index is -0.489. The molecule has 0 radical (unpaired) electrons. The van der Waals surface area contributed by atoms with Crippen LogP contribution in [0.25, 0.3) is 0 Å². The van der Waals surface area contributed by atoms with Gasteiger partial charge in [-0.1, -0.05) is 19.1 Å². The molecule has 0 fully saturated rings. The number of carbonyl (C=O) groups is 1. The fraction of sp³-hybridized carbons (Fsp3) is 0.474. The Hall–Kier alpha value is -2.28. The summed E-state index contributed by atoms with van der Waals surface area (Å²) in [4.78, 5) is 12.7. The minimum Gasteiger partial charge on any atom is -0.493 e. The number of hydrogen-bond acceptors (Lipinski definition) is 5. The van der Waals surface area contributed by atoms with Crippen molar-refractivity contribution in [3.8, 4) is 11.5 Å². The van der Waals surface area contributed by atoms with E-state index in [2.05, 4.69) is 10.6 Å². The number of thiocarbonyl (C=S) groups is 1. The van der Waals surface area contributed by atoms with Gasteiger partial charge in [-0.15, -0.1) is 0 Å². The topological polar surface area (TPSA) is 68.8 Å². The minimum absolute atomic E-state index is 0.224. The molecule has 1 aliphatic heterocycles. The second kappa shape index (κ2) is 8.89. The van der Waals surface area contributed by atoms with Gasteiger partial charge in [0, 0.05) is 11.3 Å². The Morgan fingerprint density at radius 3 is 2.69 bits per heavy atom. The normalized spacial score (nSPS) is 16.8. The van der Waals surface area contributed by atoms with Gasteiger partial charge in [-0.25, -0.2) is 4.79 Å². The molecule has 0 aliphatic carbocycles. The summed E-state index contributed by atoms with van der Waals surface area (Å²) in [5.74, 6) is 0.812. The number of carbonyl (C=O) groups excluding carboxylic acids is 1. The lowest BCUT2D eigenvalue weighted by molar-refractivity contribution is -0.143. The van der Waals surface area contributed by atoms with E-state index >= 15 is 0 Å². The maximum absolute atomic E-state index is 12.7. The summed E-state index contributed by atoms with van der Waals surface area (Å²) in [5.41, 5.74) is 1.91. The summed E-state index contributed by atoms with van der Waals surface area (Å²) in [6.45, 7) is 8.01. The Labute approximate surface area is 159 Å². The molecule has 0 spiro atoms. The van der Waals surface area contributed by atoms with Crippen molar-refractivity contribution in [2.75, 3.05) is 13.7 Å². The lowest BCUT2D eigenvalue weighted by Crippen LogP contribution is -2.45. The van der Waals surface area contributed by atoms with Crippen LogP contribution in [0.15, 0.2) is 29.5 Å². The zero-order chi connectivity index (χ0) is 19.3. The van der Waals surface area contributed by atoms with Crippen LogP contribution in [-0.2, 0) is 9.53 Å². The second-order valence-corrected chi connectivity index (χ2v) is 6.66. The van der Waals surface area contributed by atoms with Crippen LogP contribution in [0.4, 0.5) is 0 Å². The molecule has 0 saturated heterocycles. The number of benzene rings is 1. The summed E-state index contributed by atoms with van der Waals surface area (Å²) in [5, 5.41) is 6.61. The first-order chi connectivity index (χ1) is 12.4. The highest BCUT2D eigenvalue weighted by molar-refractivity contribution is 7.80. The summed E-state index contributed by atoms with van der Waals surface area (Å²) in [6.07, 6.45) is 0.630. The predicted molar refractivity (Wildman–Crippen MR) is 104 cm³/mol. The van der Waals surface area contributed by atoms with Crippen LogP contribution in [0, 0.1) is 0 Å². The van der Waals surface area contributed by atoms with Crippen LogP contribution in [0.1, 0.15) is 45.7 Å². The molecule has 2 N–H and O–H groups in total. The number of allylic oxidation sites excluding steroid dienone is 1. The Morgan fingerprint density at radius 2 is 2.08 bits per heavy atom. The molecule has 1 aromatic carbocycles. The molecule has 1 atom stereocenters. The van der Waals surface area contributed by atoms with Gasteiger partial charge in [-0.05, 0) is 45.5 Å². The molecule has 26 heavy (non-hydrogen) atoms. The van der Waals surface area contributed by atoms with Crippen molar-refractivity contribution in [3.05, 3.63) is 35.0 Å². The molecule has 0 unspecified atom stereocenters. The van der Waals surface area contributed by atoms with E-state index in [1.807, 2.05) is 45.9 Å². The van der Waals surface area contributed by atoms with Crippen LogP contribution in [0.2, 0.25) is 0 Å². The van der Waals surface area contributed by atoms with Gasteiger partial charge >= 0.3 is 5.97 Å². The highest BCUT2D eigenvalue weighted by Gasteiger charge is 2.34. The zero-order valence-electron chi connectivity index (χ0n) is 15.8. The molecule has 1 heterocycles. The van der Waals surface area contributed by atoms with Crippen LogP contribution < -0.4 is 20.1 Å². The molecule has 0 bridgehead atoms. The smallest absolute Gasteiger partial charge is 0.338 e. The first-order valence-electron chi connectivity index (χ1n) is 8.68. The average Bonchev–Trinajstić information content (AvgIpc) is 2.58. The fourth-order valence-corrected chi connectivity index (χ4v) is 3.03. The van der Waals surface area contributed by atoms with E-state index < -0.39 is 12.0 Å². The van der Waals surface area contributed by atoms with Crippen molar-refractivity contribution >= 4 is 23.3 Å². The van der Waals surface area contributed by atoms with Crippen molar-refractivity contribution in [1.29, 1.82) is 0 Å². The summed E-state index contributed by atoms with van der Waals surface area (Å²) in [7, 11) is 1.59. The van der Waals surface area contributed by atoms with Gasteiger partial charge in [-0.2, -0.15) is 0 Å². The number of hydrogen-bond donors (Lipinski definition) is 2. The maximum Gasteiger partial charge on any atom is 0.338 e. The SMILES string of the molecule is CCCOc1c(OC)cccc1[C@H]1NC(=S)NC(C)=C1C(=O)OC(C)C. The van der Waals surface area contributed by atoms with E-state index in [1.165, 1.54) is 0 Å². The van der Waals surface area contributed by atoms with Gasteiger partial charge in [0.2, 0.25) is 0 Å². The quantitative estimate of drug-likeness (QED) is 0.558. The van der Waals surface area contributed by atoms with E-state index in [0.717, 1.165) is 12.0 Å². The molecular weight excluding hydrogens is 352 g/mol. The monoisotopic (exact) mass is 378 g/mol. The number of nitrogens with one attached hydrogen (secondary N) is 2. The zero-order valence-corrected chi connectivity index (χ0v) is 16.7. The number of para-hydroxylation sites is 1. The molecule has 2 rings (SSSR count). The molecule has 142 valence electrons. The van der Waals surface area contributed by atoms with Crippen molar-refractivity contribution in [2.45, 2.75) is 46.3 Å². The van der Waals surface area contributed by atoms with Crippen LogP contribution in [0.3, 0.4) is 0 Å². The van der Waals surface area contributed by atoms with E-state index in [1.54, 1.807) is 7.11 Å². The third kappa shape index (κ3) is 4.46. The van der Waals surface area contributed by atoms with Gasteiger partial charge in [0.15, 0.2) is 16.6 Å². The fourth-order valence-electron chi connectivity index (χ4n) is 2.75. The van der Waals surface area contributed by atoms with E-state index in [4.69, 9.17) is 26.4 Å². The molecule has 6 nitrogen and oxygen atoms in total. The third-order valence-corrected chi connectivity index (χ3v) is 4.04. The lowest BCUT2D eigenvalue weighted by atomic mass is 9.94. The van der Waals surface area contributed by atoms with Gasteiger partial charge < -0.3 is 24.8 Å². The number of esters is 1. The Kier molecular flexibility index (Phi) is 6.85. The molecular formula is C19H26N2O4S. The van der Waals surface area contributed by atoms with Crippen LogP contribution in [-0.4, -0.2) is 30.9 Å². The van der Waals surface area contributed by atoms with Gasteiger partial charge in [0.1, 0.15) is 0 Å². The van der Waals surface area contributed by atoms with Gasteiger partial charge in [-0.3, -0.25) is 0 Å². The van der Waals surface area contributed by atoms with Gasteiger partial charge in [0.25, 0.3) is 0 Å².